The highest BCUT2D eigenvalue weighted by atomic mass is 35.5. The van der Waals surface area contributed by atoms with Crippen LogP contribution >= 0.6 is 24.8 Å². The molecule has 1 fully saturated rings. The van der Waals surface area contributed by atoms with Crippen molar-refractivity contribution in [2.75, 3.05) is 5.32 Å². The van der Waals surface area contributed by atoms with Gasteiger partial charge in [0.15, 0.2) is 5.96 Å². The Morgan fingerprint density at radius 2 is 1.77 bits per heavy atom. The normalized spacial score (nSPS) is 16.8. The number of rotatable bonds is 7. The fourth-order valence-electron chi connectivity index (χ4n) is 4.33. The van der Waals surface area contributed by atoms with E-state index in [9.17, 15) is 18.0 Å². The number of hydrogen-bond acceptors (Lipinski definition) is 6. The Bertz CT molecular complexity index is 1300. The minimum absolute atomic E-state index is 0. The number of hydrogen-bond donors (Lipinski definition) is 4. The van der Waals surface area contributed by atoms with Crippen molar-refractivity contribution in [2.24, 2.45) is 16.5 Å². The number of nitrogens with one attached hydrogen (secondary N) is 2. The Morgan fingerprint density at radius 1 is 1.08 bits per heavy atom. The summed E-state index contributed by atoms with van der Waals surface area (Å²) in [6, 6.07) is 10.7. The number of nitrogens with zero attached hydrogens (tertiary/aromatic N) is 3. The average molecular weight is 588 g/mol. The molecule has 39 heavy (non-hydrogen) atoms. The van der Waals surface area contributed by atoms with E-state index in [2.05, 4.69) is 30.3 Å². The van der Waals surface area contributed by atoms with Crippen LogP contribution in [0, 0.1) is 6.92 Å². The van der Waals surface area contributed by atoms with E-state index in [1.165, 1.54) is 24.3 Å². The van der Waals surface area contributed by atoms with Gasteiger partial charge in [-0.15, -0.1) is 38.0 Å². The van der Waals surface area contributed by atoms with Gasteiger partial charge in [-0.1, -0.05) is 36.6 Å². The molecule has 1 aliphatic carbocycles. The quantitative estimate of drug-likeness (QED) is 0.234. The number of carbonyl (C=O) groups excluding carboxylic acids is 1. The van der Waals surface area contributed by atoms with Gasteiger partial charge in [0.05, 0.1) is 17.6 Å². The molecule has 1 amide bonds. The van der Waals surface area contributed by atoms with Gasteiger partial charge in [0.2, 0.25) is 5.82 Å². The van der Waals surface area contributed by atoms with E-state index in [-0.39, 0.29) is 61.0 Å². The van der Waals surface area contributed by atoms with Crippen molar-refractivity contribution in [3.05, 3.63) is 59.4 Å². The van der Waals surface area contributed by atoms with E-state index in [4.69, 9.17) is 11.5 Å². The monoisotopic (exact) mass is 587 g/mol. The minimum atomic E-state index is -4.77. The molecule has 0 radical (unpaired) electrons. The fraction of sp³-hybridized carbons (Fsp3) is 0.360. The van der Waals surface area contributed by atoms with Crippen LogP contribution in [0.3, 0.4) is 0 Å². The number of aromatic nitrogens is 2. The summed E-state index contributed by atoms with van der Waals surface area (Å²) in [5.74, 6) is -0.362. The molecule has 0 unspecified atom stereocenters. The summed E-state index contributed by atoms with van der Waals surface area (Å²) >= 11 is 0. The number of ether oxygens (including phenoxy) is 1. The fourth-order valence-corrected chi connectivity index (χ4v) is 4.33. The van der Waals surface area contributed by atoms with Gasteiger partial charge in [0.25, 0.3) is 5.91 Å². The highest BCUT2D eigenvalue weighted by Crippen LogP contribution is 2.28. The summed E-state index contributed by atoms with van der Waals surface area (Å²) in [5.41, 5.74) is 13.5. The SMILES string of the molecule is Cc1ccc2nc(C(=O)NCc3ccc(OC(F)(F)F)cc3)nc(N[C@H]3CCCC[C@H]3N=C(N)N)c2c1.Cl.Cl. The Labute approximate surface area is 235 Å². The topological polar surface area (TPSA) is 141 Å². The molecule has 14 heteroatoms. The van der Waals surface area contributed by atoms with Crippen LogP contribution in [-0.2, 0) is 6.54 Å². The smallest absolute Gasteiger partial charge is 0.406 e. The van der Waals surface area contributed by atoms with Gasteiger partial charge in [-0.2, -0.15) is 0 Å². The van der Waals surface area contributed by atoms with Gasteiger partial charge in [-0.25, -0.2) is 15.0 Å². The number of halogens is 5. The second-order valence-corrected chi connectivity index (χ2v) is 8.95. The van der Waals surface area contributed by atoms with Gasteiger partial charge in [-0.05, 0) is 49.6 Å². The number of nitrogens with two attached hydrogens (primary N) is 2. The van der Waals surface area contributed by atoms with E-state index < -0.39 is 12.3 Å². The van der Waals surface area contributed by atoms with Crippen molar-refractivity contribution in [2.45, 2.75) is 57.6 Å². The van der Waals surface area contributed by atoms with E-state index >= 15 is 0 Å². The van der Waals surface area contributed by atoms with Crippen LogP contribution in [0.4, 0.5) is 19.0 Å². The van der Waals surface area contributed by atoms with E-state index in [1.807, 2.05) is 25.1 Å². The minimum Gasteiger partial charge on any atom is -0.406 e. The Kier molecular flexibility index (Phi) is 11.0. The molecule has 1 heterocycles. The van der Waals surface area contributed by atoms with Gasteiger partial charge >= 0.3 is 6.36 Å². The highest BCUT2D eigenvalue weighted by Gasteiger charge is 2.31. The van der Waals surface area contributed by atoms with Crippen LogP contribution in [0.1, 0.15) is 47.4 Å². The molecule has 0 spiro atoms. The van der Waals surface area contributed by atoms with Gasteiger partial charge < -0.3 is 26.8 Å². The van der Waals surface area contributed by atoms with Crippen molar-refractivity contribution in [3.8, 4) is 5.75 Å². The third-order valence-electron chi connectivity index (χ3n) is 6.03. The Hall–Kier alpha value is -3.51. The third-order valence-corrected chi connectivity index (χ3v) is 6.03. The van der Waals surface area contributed by atoms with Crippen molar-refractivity contribution < 1.29 is 22.7 Å². The van der Waals surface area contributed by atoms with Crippen molar-refractivity contribution >= 4 is 53.4 Å². The van der Waals surface area contributed by atoms with Crippen LogP contribution in [-0.4, -0.2) is 40.3 Å². The first kappa shape index (κ1) is 31.7. The molecule has 0 bridgehead atoms. The standard InChI is InChI=1S/C25H28F3N7O2.2ClH/c1-14-6-11-18-17(12-14)21(33-19-4-2-3-5-20(19)34-24(29)30)35-22(32-18)23(36)31-13-15-7-9-16(10-8-15)37-25(26,27)28;;/h6-12,19-20H,2-5,13H2,1H3,(H,31,36)(H4,29,30,34)(H,32,33,35);2*1H/t19-,20+;;/m0../s1. The van der Waals surface area contributed by atoms with Crippen molar-refractivity contribution in [1.29, 1.82) is 0 Å². The van der Waals surface area contributed by atoms with Gasteiger partial charge in [0.1, 0.15) is 11.6 Å². The molecule has 0 saturated heterocycles. The number of carbonyl (C=O) groups is 1. The summed E-state index contributed by atoms with van der Waals surface area (Å²) in [4.78, 5) is 26.3. The zero-order valence-electron chi connectivity index (χ0n) is 21.0. The maximum Gasteiger partial charge on any atom is 0.573 e. The van der Waals surface area contributed by atoms with E-state index in [1.54, 1.807) is 0 Å². The second kappa shape index (κ2) is 13.5. The molecule has 6 N–H and O–H groups in total. The van der Waals surface area contributed by atoms with Crippen LogP contribution in [0.5, 0.6) is 5.75 Å². The first-order chi connectivity index (χ1) is 17.6. The first-order valence-corrected chi connectivity index (χ1v) is 11.8. The summed E-state index contributed by atoms with van der Waals surface area (Å²) in [5, 5.41) is 6.93. The predicted molar refractivity (Wildman–Crippen MR) is 149 cm³/mol. The molecule has 4 rings (SSSR count). The lowest BCUT2D eigenvalue weighted by Gasteiger charge is -2.30. The maximum absolute atomic E-state index is 12.9. The van der Waals surface area contributed by atoms with Gasteiger partial charge in [0, 0.05) is 11.9 Å². The molecule has 9 nitrogen and oxygen atoms in total. The van der Waals surface area contributed by atoms with E-state index in [0.717, 1.165) is 36.6 Å². The molecular weight excluding hydrogens is 558 g/mol. The molecule has 1 aliphatic rings. The number of anilines is 1. The molecule has 2 aromatic carbocycles. The van der Waals surface area contributed by atoms with Crippen molar-refractivity contribution in [3.63, 3.8) is 0 Å². The molecule has 1 saturated carbocycles. The number of benzene rings is 2. The lowest BCUT2D eigenvalue weighted by molar-refractivity contribution is -0.274. The third kappa shape index (κ3) is 8.75. The number of aryl methyl sites for hydroxylation is 1. The second-order valence-electron chi connectivity index (χ2n) is 8.95. The van der Waals surface area contributed by atoms with Crippen LogP contribution in [0.2, 0.25) is 0 Å². The average Bonchev–Trinajstić information content (AvgIpc) is 2.83. The number of alkyl halides is 3. The number of amides is 1. The first-order valence-electron chi connectivity index (χ1n) is 11.8. The van der Waals surface area contributed by atoms with E-state index in [0.29, 0.717) is 16.9 Å². The Morgan fingerprint density at radius 3 is 2.44 bits per heavy atom. The summed E-state index contributed by atoms with van der Waals surface area (Å²) < 4.78 is 40.9. The number of fused-ring (bicyclic) bond motifs is 1. The molecule has 212 valence electrons. The largest absolute Gasteiger partial charge is 0.573 e. The van der Waals surface area contributed by atoms with Crippen LogP contribution in [0.25, 0.3) is 10.9 Å². The molecular formula is C25H30Cl2F3N7O2. The van der Waals surface area contributed by atoms with Crippen LogP contribution in [0.15, 0.2) is 47.5 Å². The summed E-state index contributed by atoms with van der Waals surface area (Å²) in [6.45, 7) is 2.02. The molecule has 2 atom stereocenters. The Balaban J connectivity index is 0.00000267. The number of aliphatic imine (C=N–C) groups is 1. The predicted octanol–water partition coefficient (Wildman–Crippen LogP) is 4.61. The summed E-state index contributed by atoms with van der Waals surface area (Å²) in [7, 11) is 0. The molecule has 1 aromatic heterocycles. The lowest BCUT2D eigenvalue weighted by Crippen LogP contribution is -2.38. The summed E-state index contributed by atoms with van der Waals surface area (Å²) in [6.07, 6.45) is -1.07. The molecule has 3 aromatic rings. The highest BCUT2D eigenvalue weighted by molar-refractivity contribution is 5.96. The number of guanidine groups is 1. The zero-order valence-corrected chi connectivity index (χ0v) is 22.6. The molecule has 0 aliphatic heterocycles. The lowest BCUT2D eigenvalue weighted by atomic mass is 9.90. The van der Waals surface area contributed by atoms with Crippen molar-refractivity contribution in [1.82, 2.24) is 15.3 Å². The van der Waals surface area contributed by atoms with Crippen LogP contribution < -0.4 is 26.8 Å². The van der Waals surface area contributed by atoms with Gasteiger partial charge in [-0.3, -0.25) is 4.79 Å². The zero-order chi connectivity index (χ0) is 26.6. The maximum atomic E-state index is 12.9.